The molecule has 3 atom stereocenters. The Kier molecular flexibility index (Phi) is 6.57. The molecule has 1 fully saturated rings. The Labute approximate surface area is 112 Å². The highest BCUT2D eigenvalue weighted by Crippen LogP contribution is 2.21. The van der Waals surface area contributed by atoms with Crippen LogP contribution in [0.25, 0.3) is 0 Å². The van der Waals surface area contributed by atoms with Crippen molar-refractivity contribution >= 4 is 0 Å². The average Bonchev–Trinajstić information content (AvgIpc) is 2.71. The van der Waals surface area contributed by atoms with Gasteiger partial charge in [-0.3, -0.25) is 4.90 Å². The summed E-state index contributed by atoms with van der Waals surface area (Å²) >= 11 is 0. The van der Waals surface area contributed by atoms with Crippen molar-refractivity contribution in [3.8, 4) is 0 Å². The van der Waals surface area contributed by atoms with E-state index < -0.39 is 0 Å². The number of ether oxygens (including phenoxy) is 2. The molecule has 1 aliphatic heterocycles. The fourth-order valence-electron chi connectivity index (χ4n) is 2.64. The van der Waals surface area contributed by atoms with E-state index in [9.17, 15) is 0 Å². The topological polar surface area (TPSA) is 33.7 Å². The maximum absolute atomic E-state index is 5.51. The van der Waals surface area contributed by atoms with Gasteiger partial charge in [0, 0.05) is 45.9 Å². The zero-order valence-electron chi connectivity index (χ0n) is 12.8. The van der Waals surface area contributed by atoms with E-state index in [4.69, 9.17) is 9.47 Å². The van der Waals surface area contributed by atoms with Gasteiger partial charge < -0.3 is 14.8 Å². The van der Waals surface area contributed by atoms with Crippen LogP contribution in [0.4, 0.5) is 0 Å². The molecular weight excluding hydrogens is 228 g/mol. The van der Waals surface area contributed by atoms with Crippen molar-refractivity contribution in [3.63, 3.8) is 0 Å². The lowest BCUT2D eigenvalue weighted by Crippen LogP contribution is -2.46. The molecule has 108 valence electrons. The average molecular weight is 258 g/mol. The molecule has 0 saturated carbocycles. The van der Waals surface area contributed by atoms with Crippen molar-refractivity contribution in [2.45, 2.75) is 52.0 Å². The molecule has 1 heterocycles. The Morgan fingerprint density at radius 3 is 1.89 bits per heavy atom. The molecule has 18 heavy (non-hydrogen) atoms. The van der Waals surface area contributed by atoms with Gasteiger partial charge >= 0.3 is 0 Å². The highest BCUT2D eigenvalue weighted by atomic mass is 16.5. The first-order chi connectivity index (χ1) is 8.49. The normalized spacial score (nSPS) is 27.3. The van der Waals surface area contributed by atoms with E-state index in [1.165, 1.54) is 0 Å². The van der Waals surface area contributed by atoms with Crippen LogP contribution in [0, 0.1) is 5.92 Å². The zero-order chi connectivity index (χ0) is 13.7. The van der Waals surface area contributed by atoms with E-state index >= 15 is 0 Å². The summed E-state index contributed by atoms with van der Waals surface area (Å²) in [5.41, 5.74) is 0. The minimum atomic E-state index is 0.204. The molecule has 1 saturated heterocycles. The van der Waals surface area contributed by atoms with Crippen molar-refractivity contribution < 1.29 is 9.47 Å². The lowest BCUT2D eigenvalue weighted by Gasteiger charge is -2.32. The van der Waals surface area contributed by atoms with Gasteiger partial charge in [0.25, 0.3) is 0 Å². The molecule has 4 heteroatoms. The molecule has 0 spiro atoms. The lowest BCUT2D eigenvalue weighted by molar-refractivity contribution is -0.00461. The summed E-state index contributed by atoms with van der Waals surface area (Å²) in [5, 5.41) is 3.55. The van der Waals surface area contributed by atoms with Crippen LogP contribution in [-0.4, -0.2) is 63.0 Å². The fraction of sp³-hybridized carbons (Fsp3) is 1.00. The van der Waals surface area contributed by atoms with Gasteiger partial charge in [-0.1, -0.05) is 27.7 Å². The summed E-state index contributed by atoms with van der Waals surface area (Å²) in [6.07, 6.45) is 0.408. The number of hydrogen-bond acceptors (Lipinski definition) is 4. The number of nitrogens with one attached hydrogen (secondary N) is 1. The van der Waals surface area contributed by atoms with Crippen LogP contribution >= 0.6 is 0 Å². The molecule has 0 aromatic carbocycles. The SMILES string of the molecule is COC1CN(C(CNC(C)C)C(C)C)CC1OC. The van der Waals surface area contributed by atoms with Crippen molar-refractivity contribution in [2.24, 2.45) is 5.92 Å². The fourth-order valence-corrected chi connectivity index (χ4v) is 2.64. The van der Waals surface area contributed by atoms with Gasteiger partial charge in [-0.2, -0.15) is 0 Å². The van der Waals surface area contributed by atoms with Gasteiger partial charge in [0.15, 0.2) is 0 Å². The maximum Gasteiger partial charge on any atom is 0.0971 e. The van der Waals surface area contributed by atoms with Crippen LogP contribution in [0.3, 0.4) is 0 Å². The molecule has 1 N–H and O–H groups in total. The van der Waals surface area contributed by atoms with Gasteiger partial charge in [-0.15, -0.1) is 0 Å². The Hall–Kier alpha value is -0.160. The van der Waals surface area contributed by atoms with Gasteiger partial charge in [0.1, 0.15) is 0 Å². The first-order valence-corrected chi connectivity index (χ1v) is 7.02. The largest absolute Gasteiger partial charge is 0.377 e. The first-order valence-electron chi connectivity index (χ1n) is 7.02. The molecule has 0 aliphatic carbocycles. The number of likely N-dealkylation sites (tertiary alicyclic amines) is 1. The molecule has 4 nitrogen and oxygen atoms in total. The first kappa shape index (κ1) is 15.9. The van der Waals surface area contributed by atoms with Crippen molar-refractivity contribution in [1.82, 2.24) is 10.2 Å². The minimum Gasteiger partial charge on any atom is -0.377 e. The van der Waals surface area contributed by atoms with Crippen molar-refractivity contribution in [1.29, 1.82) is 0 Å². The van der Waals surface area contributed by atoms with E-state index in [0.29, 0.717) is 18.0 Å². The molecule has 0 bridgehead atoms. The van der Waals surface area contributed by atoms with Crippen molar-refractivity contribution in [3.05, 3.63) is 0 Å². The van der Waals surface area contributed by atoms with Gasteiger partial charge in [-0.05, 0) is 5.92 Å². The Morgan fingerprint density at radius 1 is 1.06 bits per heavy atom. The van der Waals surface area contributed by atoms with Crippen LogP contribution in [0.15, 0.2) is 0 Å². The van der Waals surface area contributed by atoms with Gasteiger partial charge in [0.05, 0.1) is 12.2 Å². The van der Waals surface area contributed by atoms with E-state index in [1.54, 1.807) is 14.2 Å². The number of nitrogens with zero attached hydrogens (tertiary/aromatic N) is 1. The minimum absolute atomic E-state index is 0.204. The monoisotopic (exact) mass is 258 g/mol. The van der Waals surface area contributed by atoms with Crippen molar-refractivity contribution in [2.75, 3.05) is 33.9 Å². The molecule has 0 aromatic rings. The number of hydrogen-bond donors (Lipinski definition) is 1. The van der Waals surface area contributed by atoms with Crippen LogP contribution in [0.2, 0.25) is 0 Å². The molecule has 0 amide bonds. The zero-order valence-corrected chi connectivity index (χ0v) is 12.8. The molecule has 1 aliphatic rings. The van der Waals surface area contributed by atoms with E-state index in [-0.39, 0.29) is 12.2 Å². The van der Waals surface area contributed by atoms with Crippen LogP contribution in [0.5, 0.6) is 0 Å². The van der Waals surface area contributed by atoms with Crippen LogP contribution in [-0.2, 0) is 9.47 Å². The smallest absolute Gasteiger partial charge is 0.0971 e. The lowest BCUT2D eigenvalue weighted by atomic mass is 10.0. The summed E-state index contributed by atoms with van der Waals surface area (Å²) in [7, 11) is 3.55. The molecule has 3 unspecified atom stereocenters. The molecule has 1 rings (SSSR count). The third-order valence-electron chi connectivity index (χ3n) is 3.82. The molecule has 0 radical (unpaired) electrons. The summed E-state index contributed by atoms with van der Waals surface area (Å²) in [6.45, 7) is 11.9. The Bertz CT molecular complexity index is 222. The highest BCUT2D eigenvalue weighted by Gasteiger charge is 2.37. The van der Waals surface area contributed by atoms with E-state index in [2.05, 4.69) is 37.9 Å². The van der Waals surface area contributed by atoms with E-state index in [1.807, 2.05) is 0 Å². The number of rotatable bonds is 7. The standard InChI is InChI=1S/C14H30N2O2/c1-10(2)12(7-15-11(3)4)16-8-13(17-5)14(9-16)18-6/h10-15H,7-9H2,1-6H3. The second kappa shape index (κ2) is 7.43. The second-order valence-corrected chi connectivity index (χ2v) is 5.88. The maximum atomic E-state index is 5.51. The Morgan fingerprint density at radius 2 is 1.56 bits per heavy atom. The predicted molar refractivity (Wildman–Crippen MR) is 74.9 cm³/mol. The van der Waals surface area contributed by atoms with Crippen LogP contribution in [0.1, 0.15) is 27.7 Å². The highest BCUT2D eigenvalue weighted by molar-refractivity contribution is 4.91. The van der Waals surface area contributed by atoms with Crippen LogP contribution < -0.4 is 5.32 Å². The predicted octanol–water partition coefficient (Wildman–Crippen LogP) is 1.35. The quantitative estimate of drug-likeness (QED) is 0.747. The summed E-state index contributed by atoms with van der Waals surface area (Å²) in [6, 6.07) is 1.08. The van der Waals surface area contributed by atoms with Gasteiger partial charge in [0.2, 0.25) is 0 Å². The third-order valence-corrected chi connectivity index (χ3v) is 3.82. The number of methoxy groups -OCH3 is 2. The third kappa shape index (κ3) is 4.19. The van der Waals surface area contributed by atoms with E-state index in [0.717, 1.165) is 19.6 Å². The second-order valence-electron chi connectivity index (χ2n) is 5.88. The molecule has 0 aromatic heterocycles. The molecular formula is C14H30N2O2. The Balaban J connectivity index is 2.58. The summed E-state index contributed by atoms with van der Waals surface area (Å²) < 4.78 is 11.0. The van der Waals surface area contributed by atoms with Gasteiger partial charge in [-0.25, -0.2) is 0 Å². The summed E-state index contributed by atoms with van der Waals surface area (Å²) in [5.74, 6) is 0.629. The summed E-state index contributed by atoms with van der Waals surface area (Å²) in [4.78, 5) is 2.50.